The number of alkyl halides is 5. The van der Waals surface area contributed by atoms with E-state index in [0.717, 1.165) is 7.11 Å². The molecule has 1 heterocycles. The Labute approximate surface area is 102 Å². The van der Waals surface area contributed by atoms with Crippen LogP contribution in [0.2, 0.25) is 0 Å². The first kappa shape index (κ1) is 14.9. The van der Waals surface area contributed by atoms with Crippen LogP contribution in [0.15, 0.2) is 6.20 Å². The van der Waals surface area contributed by atoms with E-state index in [4.69, 9.17) is 5.11 Å². The van der Waals surface area contributed by atoms with E-state index in [1.54, 1.807) is 0 Å². The molecule has 0 aliphatic heterocycles. The minimum absolute atomic E-state index is 0.289. The summed E-state index contributed by atoms with van der Waals surface area (Å²) < 4.78 is 69.0. The van der Waals surface area contributed by atoms with Crippen molar-refractivity contribution in [3.8, 4) is 11.6 Å². The zero-order valence-corrected chi connectivity index (χ0v) is 9.16. The SMILES string of the molecule is COc1c(OC(F)(F)F)ncc(C(F)F)c1C(=O)O. The lowest BCUT2D eigenvalue weighted by molar-refractivity contribution is -0.276. The Kier molecular flexibility index (Phi) is 4.12. The predicted octanol–water partition coefficient (Wildman–Crippen LogP) is 2.62. The fourth-order valence-corrected chi connectivity index (χ4v) is 1.25. The minimum Gasteiger partial charge on any atom is -0.491 e. The van der Waals surface area contributed by atoms with Crippen molar-refractivity contribution in [2.24, 2.45) is 0 Å². The third-order valence-corrected chi connectivity index (χ3v) is 1.90. The lowest BCUT2D eigenvalue weighted by Crippen LogP contribution is -2.20. The van der Waals surface area contributed by atoms with Crippen molar-refractivity contribution in [2.45, 2.75) is 12.8 Å². The summed E-state index contributed by atoms with van der Waals surface area (Å²) in [5.74, 6) is -4.17. The molecule has 1 N–H and O–H groups in total. The Hall–Kier alpha value is -2.13. The summed E-state index contributed by atoms with van der Waals surface area (Å²) in [7, 11) is 0.807. The molecule has 0 atom stereocenters. The van der Waals surface area contributed by atoms with Crippen LogP contribution in [0, 0.1) is 0 Å². The van der Waals surface area contributed by atoms with E-state index >= 15 is 0 Å². The molecule has 5 nitrogen and oxygen atoms in total. The lowest BCUT2D eigenvalue weighted by Gasteiger charge is -2.15. The number of hydrogen-bond donors (Lipinski definition) is 1. The van der Waals surface area contributed by atoms with Crippen LogP contribution in [-0.4, -0.2) is 29.5 Å². The molecule has 1 aromatic heterocycles. The minimum atomic E-state index is -5.16. The van der Waals surface area contributed by atoms with Crippen molar-refractivity contribution in [3.63, 3.8) is 0 Å². The van der Waals surface area contributed by atoms with E-state index in [2.05, 4.69) is 14.5 Å². The zero-order chi connectivity index (χ0) is 14.8. The van der Waals surface area contributed by atoms with Gasteiger partial charge in [0.05, 0.1) is 12.7 Å². The van der Waals surface area contributed by atoms with E-state index in [9.17, 15) is 26.7 Å². The molecule has 0 aromatic carbocycles. The van der Waals surface area contributed by atoms with Gasteiger partial charge in [0, 0.05) is 6.20 Å². The van der Waals surface area contributed by atoms with Gasteiger partial charge in [0.1, 0.15) is 5.56 Å². The highest BCUT2D eigenvalue weighted by atomic mass is 19.4. The molecule has 0 aliphatic carbocycles. The fraction of sp³-hybridized carbons (Fsp3) is 0.333. The molecule has 0 saturated carbocycles. The standard InChI is InChI=1S/C9H6F5NO4/c1-18-5-4(8(16)17)3(6(10)11)2-15-7(5)19-9(12,13)14/h2,6H,1H3,(H,16,17). The Bertz CT molecular complexity index is 488. The van der Waals surface area contributed by atoms with Gasteiger partial charge in [-0.05, 0) is 0 Å². The van der Waals surface area contributed by atoms with E-state index in [1.165, 1.54) is 0 Å². The molecule has 19 heavy (non-hydrogen) atoms. The summed E-state index contributed by atoms with van der Waals surface area (Å²) in [5, 5.41) is 8.77. The fourth-order valence-electron chi connectivity index (χ4n) is 1.25. The number of hydrogen-bond acceptors (Lipinski definition) is 4. The Balaban J connectivity index is 3.45. The first-order chi connectivity index (χ1) is 8.67. The topological polar surface area (TPSA) is 68.7 Å². The number of carboxylic acid groups (broad SMARTS) is 1. The summed E-state index contributed by atoms with van der Waals surface area (Å²) >= 11 is 0. The maximum atomic E-state index is 12.6. The third kappa shape index (κ3) is 3.42. The third-order valence-electron chi connectivity index (χ3n) is 1.90. The van der Waals surface area contributed by atoms with E-state index < -0.39 is 41.5 Å². The summed E-state index contributed by atoms with van der Waals surface area (Å²) in [6, 6.07) is 0. The summed E-state index contributed by atoms with van der Waals surface area (Å²) in [6.45, 7) is 0. The van der Waals surface area contributed by atoms with E-state index in [0.29, 0.717) is 0 Å². The maximum absolute atomic E-state index is 12.6. The molecule has 106 valence electrons. The van der Waals surface area contributed by atoms with Crippen LogP contribution in [0.4, 0.5) is 22.0 Å². The molecule has 0 spiro atoms. The first-order valence-corrected chi connectivity index (χ1v) is 4.51. The van der Waals surface area contributed by atoms with Gasteiger partial charge in [-0.2, -0.15) is 0 Å². The van der Waals surface area contributed by atoms with Crippen LogP contribution >= 0.6 is 0 Å². The number of aromatic carboxylic acids is 1. The molecule has 0 fully saturated rings. The Morgan fingerprint density at radius 2 is 2.00 bits per heavy atom. The Morgan fingerprint density at radius 3 is 2.37 bits per heavy atom. The number of nitrogens with zero attached hydrogens (tertiary/aromatic N) is 1. The number of aromatic nitrogens is 1. The Morgan fingerprint density at radius 1 is 1.42 bits per heavy atom. The van der Waals surface area contributed by atoms with Gasteiger partial charge in [0.2, 0.25) is 0 Å². The number of carboxylic acids is 1. The van der Waals surface area contributed by atoms with Gasteiger partial charge in [-0.1, -0.05) is 0 Å². The van der Waals surface area contributed by atoms with Crippen LogP contribution in [0.25, 0.3) is 0 Å². The maximum Gasteiger partial charge on any atom is 0.574 e. The highest BCUT2D eigenvalue weighted by molar-refractivity contribution is 5.93. The molecular weight excluding hydrogens is 281 g/mol. The van der Waals surface area contributed by atoms with Crippen molar-refractivity contribution < 1.29 is 41.3 Å². The normalized spacial score (nSPS) is 11.5. The molecule has 1 rings (SSSR count). The second-order valence-corrected chi connectivity index (χ2v) is 3.08. The van der Waals surface area contributed by atoms with Gasteiger partial charge in [-0.25, -0.2) is 18.6 Å². The van der Waals surface area contributed by atoms with Crippen molar-refractivity contribution in [1.29, 1.82) is 0 Å². The molecule has 0 bridgehead atoms. The highest BCUT2D eigenvalue weighted by Gasteiger charge is 2.36. The number of rotatable bonds is 4. The molecule has 1 aromatic rings. The average Bonchev–Trinajstić information content (AvgIpc) is 2.25. The highest BCUT2D eigenvalue weighted by Crippen LogP contribution is 2.37. The van der Waals surface area contributed by atoms with Gasteiger partial charge in [0.25, 0.3) is 12.3 Å². The molecule has 0 amide bonds. The van der Waals surface area contributed by atoms with E-state index in [-0.39, 0.29) is 6.20 Å². The first-order valence-electron chi connectivity index (χ1n) is 4.51. The van der Waals surface area contributed by atoms with Crippen molar-refractivity contribution in [1.82, 2.24) is 4.98 Å². The zero-order valence-electron chi connectivity index (χ0n) is 9.16. The molecule has 0 radical (unpaired) electrons. The smallest absolute Gasteiger partial charge is 0.491 e. The van der Waals surface area contributed by atoms with Gasteiger partial charge in [0.15, 0.2) is 5.75 Å². The molecule has 10 heteroatoms. The number of ether oxygens (including phenoxy) is 2. The van der Waals surface area contributed by atoms with Gasteiger partial charge in [-0.3, -0.25) is 0 Å². The monoisotopic (exact) mass is 287 g/mol. The second-order valence-electron chi connectivity index (χ2n) is 3.08. The molecular formula is C9H6F5NO4. The number of methoxy groups -OCH3 is 1. The van der Waals surface area contributed by atoms with Crippen LogP contribution in [0.3, 0.4) is 0 Å². The number of halogens is 5. The largest absolute Gasteiger partial charge is 0.574 e. The molecule has 0 aliphatic rings. The van der Waals surface area contributed by atoms with Gasteiger partial charge < -0.3 is 14.6 Å². The second kappa shape index (κ2) is 5.24. The van der Waals surface area contributed by atoms with Gasteiger partial charge >= 0.3 is 12.3 Å². The average molecular weight is 287 g/mol. The molecule has 0 unspecified atom stereocenters. The summed E-state index contributed by atoms with van der Waals surface area (Å²) in [6.07, 6.45) is -8.12. The van der Waals surface area contributed by atoms with E-state index in [1.807, 2.05) is 0 Å². The van der Waals surface area contributed by atoms with Gasteiger partial charge in [-0.15, -0.1) is 13.2 Å². The summed E-state index contributed by atoms with van der Waals surface area (Å²) in [4.78, 5) is 13.8. The quantitative estimate of drug-likeness (QED) is 0.862. The number of carbonyl (C=O) groups is 1. The van der Waals surface area contributed by atoms with Crippen LogP contribution in [-0.2, 0) is 0 Å². The van der Waals surface area contributed by atoms with Crippen LogP contribution < -0.4 is 9.47 Å². The summed E-state index contributed by atoms with van der Waals surface area (Å²) in [5.41, 5.74) is -2.20. The van der Waals surface area contributed by atoms with Crippen LogP contribution in [0.5, 0.6) is 11.6 Å². The lowest BCUT2D eigenvalue weighted by atomic mass is 10.1. The van der Waals surface area contributed by atoms with Crippen molar-refractivity contribution in [2.75, 3.05) is 7.11 Å². The van der Waals surface area contributed by atoms with Crippen LogP contribution in [0.1, 0.15) is 22.3 Å². The number of pyridine rings is 1. The molecule has 0 saturated heterocycles. The van der Waals surface area contributed by atoms with Crippen molar-refractivity contribution >= 4 is 5.97 Å². The predicted molar refractivity (Wildman–Crippen MR) is 49.4 cm³/mol. The van der Waals surface area contributed by atoms with Crippen molar-refractivity contribution in [3.05, 3.63) is 17.3 Å².